The highest BCUT2D eigenvalue weighted by Crippen LogP contribution is 2.36. The maximum absolute atomic E-state index is 13.1. The number of rotatable bonds is 1. The van der Waals surface area contributed by atoms with Gasteiger partial charge < -0.3 is 15.6 Å². The summed E-state index contributed by atoms with van der Waals surface area (Å²) < 4.78 is 1.76. The van der Waals surface area contributed by atoms with E-state index in [1.807, 2.05) is 37.3 Å². The second-order valence-electron chi connectivity index (χ2n) is 6.94. The Morgan fingerprint density at radius 1 is 1.31 bits per heavy atom. The molecule has 0 aliphatic carbocycles. The summed E-state index contributed by atoms with van der Waals surface area (Å²) in [5.41, 5.74) is 11.7. The van der Waals surface area contributed by atoms with Crippen molar-refractivity contribution in [2.75, 3.05) is 5.73 Å². The third-order valence-corrected chi connectivity index (χ3v) is 5.52. The number of nitrogens with two attached hydrogens (primary N) is 1. The molecule has 1 amide bonds. The summed E-state index contributed by atoms with van der Waals surface area (Å²) in [5, 5.41) is 3.74. The number of hydrogen-bond acceptors (Lipinski definition) is 4. The van der Waals surface area contributed by atoms with E-state index in [2.05, 4.69) is 5.32 Å². The molecule has 26 heavy (non-hydrogen) atoms. The molecule has 0 spiro atoms. The fourth-order valence-corrected chi connectivity index (χ4v) is 4.17. The van der Waals surface area contributed by atoms with Gasteiger partial charge in [0.1, 0.15) is 0 Å². The van der Waals surface area contributed by atoms with Gasteiger partial charge in [-0.15, -0.1) is 0 Å². The van der Waals surface area contributed by atoms with Crippen molar-refractivity contribution in [3.8, 4) is 11.4 Å². The van der Waals surface area contributed by atoms with Gasteiger partial charge in [0.2, 0.25) is 5.91 Å². The highest BCUT2D eigenvalue weighted by Gasteiger charge is 2.32. The lowest BCUT2D eigenvalue weighted by Gasteiger charge is -2.25. The van der Waals surface area contributed by atoms with E-state index >= 15 is 0 Å². The molecular formula is C20H18N4O2. The monoisotopic (exact) mass is 346 g/mol. The molecule has 6 heteroatoms. The van der Waals surface area contributed by atoms with Crippen LogP contribution in [-0.4, -0.2) is 15.5 Å². The Labute approximate surface area is 149 Å². The van der Waals surface area contributed by atoms with Gasteiger partial charge in [0.15, 0.2) is 0 Å². The Bertz CT molecular complexity index is 1160. The van der Waals surface area contributed by atoms with Crippen molar-refractivity contribution in [1.82, 2.24) is 14.9 Å². The number of aromatic nitrogens is 2. The molecule has 2 aliphatic heterocycles. The van der Waals surface area contributed by atoms with E-state index in [9.17, 15) is 9.59 Å². The Morgan fingerprint density at radius 2 is 2.15 bits per heavy atom. The van der Waals surface area contributed by atoms with Crippen LogP contribution in [0.3, 0.4) is 0 Å². The van der Waals surface area contributed by atoms with Gasteiger partial charge in [-0.05, 0) is 36.2 Å². The number of pyridine rings is 2. The average Bonchev–Trinajstić information content (AvgIpc) is 2.99. The maximum Gasteiger partial charge on any atom is 0.256 e. The van der Waals surface area contributed by atoms with Crippen LogP contribution >= 0.6 is 0 Å². The Balaban J connectivity index is 1.79. The second kappa shape index (κ2) is 5.17. The van der Waals surface area contributed by atoms with Crippen LogP contribution in [0.5, 0.6) is 0 Å². The van der Waals surface area contributed by atoms with Gasteiger partial charge >= 0.3 is 0 Å². The maximum atomic E-state index is 13.1. The zero-order chi connectivity index (χ0) is 18.0. The molecule has 2 aromatic heterocycles. The number of benzene rings is 1. The van der Waals surface area contributed by atoms with Gasteiger partial charge in [-0.25, -0.2) is 4.98 Å². The summed E-state index contributed by atoms with van der Waals surface area (Å²) in [5.74, 6) is -0.292. The minimum atomic E-state index is -0.280. The third-order valence-electron chi connectivity index (χ3n) is 5.52. The largest absolute Gasteiger partial charge is 0.398 e. The first-order valence-electron chi connectivity index (χ1n) is 8.81. The second-order valence-corrected chi connectivity index (χ2v) is 6.94. The van der Waals surface area contributed by atoms with Crippen LogP contribution in [0.1, 0.15) is 36.0 Å². The smallest absolute Gasteiger partial charge is 0.256 e. The van der Waals surface area contributed by atoms with Crippen molar-refractivity contribution in [2.45, 2.75) is 32.4 Å². The van der Waals surface area contributed by atoms with Crippen molar-refractivity contribution in [3.63, 3.8) is 0 Å². The van der Waals surface area contributed by atoms with Gasteiger partial charge in [0.25, 0.3) is 5.56 Å². The van der Waals surface area contributed by atoms with Gasteiger partial charge in [0, 0.05) is 28.7 Å². The molecule has 1 aromatic carbocycles. The van der Waals surface area contributed by atoms with Crippen LogP contribution in [0.4, 0.5) is 5.69 Å². The van der Waals surface area contributed by atoms with E-state index in [0.29, 0.717) is 30.8 Å². The first-order chi connectivity index (χ1) is 12.6. The standard InChI is InChI=1S/C20H18N4O2/c1-2-11-12-7-17-18-10(6-13-15(21)4-3-5-16(13)23-18)9-24(17)20(26)14(12)8-22-19(11)25/h3-7,11H,2,8-9,21H2,1H3,(H,22,25)/t11-/m1/s1. The third kappa shape index (κ3) is 1.89. The van der Waals surface area contributed by atoms with Crippen LogP contribution in [0, 0.1) is 0 Å². The van der Waals surface area contributed by atoms with Crippen molar-refractivity contribution in [1.29, 1.82) is 0 Å². The van der Waals surface area contributed by atoms with E-state index in [1.54, 1.807) is 4.57 Å². The first-order valence-corrected chi connectivity index (χ1v) is 8.81. The highest BCUT2D eigenvalue weighted by molar-refractivity contribution is 5.93. The number of anilines is 1. The number of nitrogen functional groups attached to an aromatic ring is 1. The lowest BCUT2D eigenvalue weighted by molar-refractivity contribution is -0.123. The molecule has 0 bridgehead atoms. The normalized spacial score (nSPS) is 17.6. The number of carbonyl (C=O) groups excluding carboxylic acids is 1. The SMILES string of the molecule is CC[C@H]1C(=O)NCc2c1cc1n(c2=O)Cc2cc3c(N)cccc3nc2-1. The molecule has 0 radical (unpaired) electrons. The van der Waals surface area contributed by atoms with E-state index in [-0.39, 0.29) is 17.4 Å². The summed E-state index contributed by atoms with van der Waals surface area (Å²) in [6.45, 7) is 2.74. The molecule has 1 atom stereocenters. The molecule has 0 unspecified atom stereocenters. The molecule has 0 fully saturated rings. The predicted octanol–water partition coefficient (Wildman–Crippen LogP) is 2.13. The summed E-state index contributed by atoms with van der Waals surface area (Å²) in [6.07, 6.45) is 0.663. The van der Waals surface area contributed by atoms with Crippen LogP contribution in [-0.2, 0) is 17.9 Å². The van der Waals surface area contributed by atoms with E-state index in [4.69, 9.17) is 10.7 Å². The quantitative estimate of drug-likeness (QED) is 0.517. The van der Waals surface area contributed by atoms with E-state index < -0.39 is 0 Å². The fraction of sp³-hybridized carbons (Fsp3) is 0.250. The summed E-state index contributed by atoms with van der Waals surface area (Å²) in [6, 6.07) is 9.67. The minimum absolute atomic E-state index is 0.0122. The molecule has 0 saturated carbocycles. The highest BCUT2D eigenvalue weighted by atomic mass is 16.2. The zero-order valence-corrected chi connectivity index (χ0v) is 14.4. The summed E-state index contributed by atoms with van der Waals surface area (Å²) >= 11 is 0. The lowest BCUT2D eigenvalue weighted by Crippen LogP contribution is -2.39. The van der Waals surface area contributed by atoms with E-state index in [0.717, 1.165) is 33.4 Å². The average molecular weight is 346 g/mol. The molecule has 2 aliphatic rings. The number of nitrogens with zero attached hydrogens (tertiary/aromatic N) is 2. The van der Waals surface area contributed by atoms with Crippen LogP contribution in [0.15, 0.2) is 35.1 Å². The number of fused-ring (bicyclic) bond motifs is 5. The van der Waals surface area contributed by atoms with Crippen molar-refractivity contribution >= 4 is 22.5 Å². The van der Waals surface area contributed by atoms with Crippen molar-refractivity contribution in [2.24, 2.45) is 0 Å². The summed E-state index contributed by atoms with van der Waals surface area (Å²) in [7, 11) is 0. The Morgan fingerprint density at radius 3 is 2.96 bits per heavy atom. The van der Waals surface area contributed by atoms with Crippen LogP contribution < -0.4 is 16.6 Å². The molecular weight excluding hydrogens is 328 g/mol. The van der Waals surface area contributed by atoms with E-state index in [1.165, 1.54) is 0 Å². The Hall–Kier alpha value is -3.15. The van der Waals surface area contributed by atoms with Gasteiger partial charge in [-0.1, -0.05) is 13.0 Å². The molecule has 130 valence electrons. The molecule has 0 saturated heterocycles. The van der Waals surface area contributed by atoms with Gasteiger partial charge in [0.05, 0.1) is 29.4 Å². The van der Waals surface area contributed by atoms with Crippen LogP contribution in [0.25, 0.3) is 22.3 Å². The zero-order valence-electron chi connectivity index (χ0n) is 14.4. The lowest BCUT2D eigenvalue weighted by atomic mass is 9.88. The molecule has 5 rings (SSSR count). The first kappa shape index (κ1) is 15.1. The minimum Gasteiger partial charge on any atom is -0.398 e. The molecule has 3 aromatic rings. The predicted molar refractivity (Wildman–Crippen MR) is 99.8 cm³/mol. The fourth-order valence-electron chi connectivity index (χ4n) is 4.17. The van der Waals surface area contributed by atoms with Crippen LogP contribution in [0.2, 0.25) is 0 Å². The number of amides is 1. The summed E-state index contributed by atoms with van der Waals surface area (Å²) in [4.78, 5) is 30.0. The van der Waals surface area contributed by atoms with Crippen molar-refractivity contribution in [3.05, 3.63) is 57.4 Å². The van der Waals surface area contributed by atoms with Gasteiger partial charge in [-0.2, -0.15) is 0 Å². The van der Waals surface area contributed by atoms with Gasteiger partial charge in [-0.3, -0.25) is 9.59 Å². The Kier molecular flexibility index (Phi) is 3.01. The number of nitrogens with one attached hydrogen (secondary N) is 1. The molecule has 4 heterocycles. The molecule has 6 nitrogen and oxygen atoms in total. The number of carbonyl (C=O) groups is 1. The van der Waals surface area contributed by atoms with Crippen molar-refractivity contribution < 1.29 is 4.79 Å². The number of hydrogen-bond donors (Lipinski definition) is 2. The topological polar surface area (TPSA) is 90.0 Å². The molecule has 3 N–H and O–H groups in total.